The van der Waals surface area contributed by atoms with E-state index in [4.69, 9.17) is 10.5 Å². The summed E-state index contributed by atoms with van der Waals surface area (Å²) in [5.74, 6) is 2.04. The van der Waals surface area contributed by atoms with Gasteiger partial charge in [0.05, 0.1) is 12.4 Å². The fraction of sp³-hybridized carbons (Fsp3) is 0.667. The van der Waals surface area contributed by atoms with Crippen molar-refractivity contribution >= 4 is 17.0 Å². The van der Waals surface area contributed by atoms with Crippen LogP contribution in [0.5, 0.6) is 0 Å². The number of imidazole rings is 1. The number of H-pyrrole nitrogens is 1. The van der Waals surface area contributed by atoms with Crippen LogP contribution < -0.4 is 5.73 Å². The third kappa shape index (κ3) is 2.55. The van der Waals surface area contributed by atoms with Crippen LogP contribution in [0.2, 0.25) is 0 Å². The van der Waals surface area contributed by atoms with E-state index in [1.54, 1.807) is 6.33 Å². The van der Waals surface area contributed by atoms with Crippen molar-refractivity contribution in [2.45, 2.75) is 31.7 Å². The monoisotopic (exact) mass is 302 g/mol. The quantitative estimate of drug-likeness (QED) is 0.892. The molecular weight excluding hydrogens is 280 g/mol. The summed E-state index contributed by atoms with van der Waals surface area (Å²) >= 11 is 0. The molecule has 2 aliphatic heterocycles. The van der Waals surface area contributed by atoms with Crippen molar-refractivity contribution in [3.8, 4) is 0 Å². The predicted octanol–water partition coefficient (Wildman–Crippen LogP) is 1.50. The Balaban J connectivity index is 1.56. The van der Waals surface area contributed by atoms with Crippen molar-refractivity contribution in [3.63, 3.8) is 0 Å². The Morgan fingerprint density at radius 2 is 2.14 bits per heavy atom. The average Bonchev–Trinajstić information content (AvgIpc) is 3.17. The zero-order chi connectivity index (χ0) is 14.9. The molecule has 118 valence electrons. The predicted molar refractivity (Wildman–Crippen MR) is 83.2 cm³/mol. The molecule has 0 spiro atoms. The van der Waals surface area contributed by atoms with Crippen LogP contribution in [0.15, 0.2) is 6.33 Å². The minimum atomic E-state index is 0.270. The number of ether oxygens (including phenoxy) is 1. The maximum Gasteiger partial charge on any atom is 0.183 e. The second-order valence-corrected chi connectivity index (χ2v) is 6.28. The first-order valence-electron chi connectivity index (χ1n) is 8.09. The number of anilines is 1. The second kappa shape index (κ2) is 5.81. The number of hydrogen-bond acceptors (Lipinski definition) is 6. The molecule has 4 rings (SSSR count). The molecule has 2 aromatic heterocycles. The summed E-state index contributed by atoms with van der Waals surface area (Å²) in [6.45, 7) is 4.01. The molecule has 4 heterocycles. The van der Waals surface area contributed by atoms with Gasteiger partial charge in [-0.05, 0) is 38.1 Å². The number of likely N-dealkylation sites (tertiary alicyclic amines) is 1. The van der Waals surface area contributed by atoms with E-state index in [1.807, 2.05) is 0 Å². The van der Waals surface area contributed by atoms with E-state index in [1.165, 1.54) is 6.42 Å². The van der Waals surface area contributed by atoms with Crippen LogP contribution in [0.1, 0.15) is 37.5 Å². The molecule has 0 radical (unpaired) electrons. The highest BCUT2D eigenvalue weighted by Crippen LogP contribution is 2.33. The molecule has 1 unspecified atom stereocenters. The van der Waals surface area contributed by atoms with Gasteiger partial charge in [-0.1, -0.05) is 0 Å². The molecule has 22 heavy (non-hydrogen) atoms. The molecule has 0 aliphatic carbocycles. The van der Waals surface area contributed by atoms with Crippen LogP contribution in [-0.4, -0.2) is 51.1 Å². The Bertz CT molecular complexity index is 651. The number of nitrogens with zero attached hydrogens (tertiary/aromatic N) is 4. The van der Waals surface area contributed by atoms with Gasteiger partial charge < -0.3 is 15.5 Å². The van der Waals surface area contributed by atoms with Crippen LogP contribution >= 0.6 is 0 Å². The number of fused-ring (bicyclic) bond motifs is 1. The Hall–Kier alpha value is -1.73. The lowest BCUT2D eigenvalue weighted by atomic mass is 9.99. The highest BCUT2D eigenvalue weighted by atomic mass is 16.5. The van der Waals surface area contributed by atoms with Crippen molar-refractivity contribution in [2.75, 3.05) is 32.0 Å². The molecule has 3 N–H and O–H groups in total. The number of nitrogen functional groups attached to an aromatic ring is 1. The molecule has 2 aromatic rings. The minimum Gasteiger partial charge on any atom is -0.382 e. The summed E-state index contributed by atoms with van der Waals surface area (Å²) in [6, 6.07) is 0.270. The SMILES string of the molecule is Nc1nc(C2CCCN2CC2CCOCC2)nc2nc[nH]c12. The number of rotatable bonds is 3. The lowest BCUT2D eigenvalue weighted by Gasteiger charge is -2.30. The number of hydrogen-bond donors (Lipinski definition) is 2. The van der Waals surface area contributed by atoms with Crippen molar-refractivity contribution in [1.82, 2.24) is 24.8 Å². The van der Waals surface area contributed by atoms with Gasteiger partial charge >= 0.3 is 0 Å². The van der Waals surface area contributed by atoms with E-state index in [-0.39, 0.29) is 6.04 Å². The first kappa shape index (κ1) is 13.9. The highest BCUT2D eigenvalue weighted by molar-refractivity contribution is 5.80. The third-order valence-corrected chi connectivity index (χ3v) is 4.83. The van der Waals surface area contributed by atoms with E-state index in [2.05, 4.69) is 24.8 Å². The van der Waals surface area contributed by atoms with E-state index >= 15 is 0 Å². The first-order chi connectivity index (χ1) is 10.8. The summed E-state index contributed by atoms with van der Waals surface area (Å²) in [7, 11) is 0. The summed E-state index contributed by atoms with van der Waals surface area (Å²) in [5.41, 5.74) is 7.44. The van der Waals surface area contributed by atoms with Crippen molar-refractivity contribution < 1.29 is 4.74 Å². The van der Waals surface area contributed by atoms with Gasteiger partial charge in [-0.25, -0.2) is 15.0 Å². The van der Waals surface area contributed by atoms with Gasteiger partial charge in [0.15, 0.2) is 17.3 Å². The summed E-state index contributed by atoms with van der Waals surface area (Å²) < 4.78 is 5.46. The van der Waals surface area contributed by atoms with Gasteiger partial charge in [0.1, 0.15) is 5.52 Å². The largest absolute Gasteiger partial charge is 0.382 e. The molecular formula is C15H22N6O. The molecule has 0 aromatic carbocycles. The summed E-state index contributed by atoms with van der Waals surface area (Å²) in [5, 5.41) is 0. The lowest BCUT2D eigenvalue weighted by Crippen LogP contribution is -2.33. The van der Waals surface area contributed by atoms with E-state index in [0.29, 0.717) is 11.5 Å². The molecule has 0 amide bonds. The molecule has 2 saturated heterocycles. The zero-order valence-corrected chi connectivity index (χ0v) is 12.7. The Morgan fingerprint density at radius 1 is 1.27 bits per heavy atom. The third-order valence-electron chi connectivity index (χ3n) is 4.83. The fourth-order valence-electron chi connectivity index (χ4n) is 3.62. The highest BCUT2D eigenvalue weighted by Gasteiger charge is 2.31. The smallest absolute Gasteiger partial charge is 0.183 e. The fourth-order valence-corrected chi connectivity index (χ4v) is 3.62. The van der Waals surface area contributed by atoms with Crippen LogP contribution in [0.4, 0.5) is 5.82 Å². The second-order valence-electron chi connectivity index (χ2n) is 6.28. The van der Waals surface area contributed by atoms with E-state index < -0.39 is 0 Å². The molecule has 7 nitrogen and oxygen atoms in total. The van der Waals surface area contributed by atoms with Gasteiger partial charge in [-0.15, -0.1) is 0 Å². The molecule has 2 aliphatic rings. The molecule has 1 atom stereocenters. The van der Waals surface area contributed by atoms with Crippen molar-refractivity contribution in [2.24, 2.45) is 5.92 Å². The first-order valence-corrected chi connectivity index (χ1v) is 8.09. The molecule has 2 fully saturated rings. The van der Waals surface area contributed by atoms with Crippen LogP contribution in [0.3, 0.4) is 0 Å². The van der Waals surface area contributed by atoms with Gasteiger partial charge in [-0.2, -0.15) is 0 Å². The summed E-state index contributed by atoms with van der Waals surface area (Å²) in [6.07, 6.45) is 6.22. The maximum absolute atomic E-state index is 6.04. The maximum atomic E-state index is 6.04. The topological polar surface area (TPSA) is 92.9 Å². The van der Waals surface area contributed by atoms with E-state index in [0.717, 1.165) is 62.8 Å². The normalized spacial score (nSPS) is 24.3. The Morgan fingerprint density at radius 3 is 3.00 bits per heavy atom. The number of aromatic amines is 1. The van der Waals surface area contributed by atoms with Crippen molar-refractivity contribution in [1.29, 1.82) is 0 Å². The van der Waals surface area contributed by atoms with Crippen LogP contribution in [0, 0.1) is 5.92 Å². The Labute approximate surface area is 129 Å². The van der Waals surface area contributed by atoms with Gasteiger partial charge in [0.25, 0.3) is 0 Å². The van der Waals surface area contributed by atoms with Crippen LogP contribution in [-0.2, 0) is 4.74 Å². The van der Waals surface area contributed by atoms with Gasteiger partial charge in [0.2, 0.25) is 0 Å². The van der Waals surface area contributed by atoms with E-state index in [9.17, 15) is 0 Å². The standard InChI is InChI=1S/C15H22N6O/c16-13-12-15(18-9-17-12)20-14(19-13)11-2-1-5-21(11)8-10-3-6-22-7-4-10/h9-11H,1-8H2,(H3,16,17,18,19,20). The number of nitrogens with two attached hydrogens (primary N) is 1. The Kier molecular flexibility index (Phi) is 3.67. The number of nitrogens with one attached hydrogen (secondary N) is 1. The minimum absolute atomic E-state index is 0.270. The zero-order valence-electron chi connectivity index (χ0n) is 12.7. The molecule has 0 bridgehead atoms. The average molecular weight is 302 g/mol. The molecule has 0 saturated carbocycles. The van der Waals surface area contributed by atoms with Crippen molar-refractivity contribution in [3.05, 3.63) is 12.2 Å². The van der Waals surface area contributed by atoms with Gasteiger partial charge in [-0.3, -0.25) is 4.90 Å². The van der Waals surface area contributed by atoms with Crippen LogP contribution in [0.25, 0.3) is 11.2 Å². The van der Waals surface area contributed by atoms with Gasteiger partial charge in [0, 0.05) is 19.8 Å². The lowest BCUT2D eigenvalue weighted by molar-refractivity contribution is 0.0502. The summed E-state index contributed by atoms with van der Waals surface area (Å²) in [4.78, 5) is 18.9. The molecule has 7 heteroatoms. The number of aromatic nitrogens is 4.